The van der Waals surface area contributed by atoms with Gasteiger partial charge in [0.05, 0.1) is 24.3 Å². The molecule has 0 aliphatic rings. The van der Waals surface area contributed by atoms with E-state index in [1.807, 2.05) is 0 Å². The van der Waals surface area contributed by atoms with Crippen LogP contribution < -0.4 is 9.47 Å². The molecule has 0 aliphatic carbocycles. The second-order valence-electron chi connectivity index (χ2n) is 9.11. The first kappa shape index (κ1) is 28.8. The molecule has 0 aromatic heterocycles. The molecule has 0 radical (unpaired) electrons. The Labute approximate surface area is 236 Å². The summed E-state index contributed by atoms with van der Waals surface area (Å²) in [6.45, 7) is -1.62. The minimum Gasteiger partial charge on any atom is -0.511 e. The van der Waals surface area contributed by atoms with Crippen molar-refractivity contribution in [1.82, 2.24) is 0 Å². The highest BCUT2D eigenvalue weighted by Gasteiger charge is 2.38. The SMILES string of the molecule is O=C(Oc1ccccc1)c1ccc(C=C(O)C(CO)(CO)C(O)=Cc2ccc(C(=O)Oc3ccccc3)cc2)cc1. The second kappa shape index (κ2) is 13.3. The van der Waals surface area contributed by atoms with E-state index in [4.69, 9.17) is 9.47 Å². The Kier molecular flexibility index (Phi) is 9.32. The number of hydrogen-bond donors (Lipinski definition) is 4. The lowest BCUT2D eigenvalue weighted by atomic mass is 9.83. The average molecular weight is 553 g/mol. The van der Waals surface area contributed by atoms with Gasteiger partial charge in [-0.25, -0.2) is 9.59 Å². The van der Waals surface area contributed by atoms with E-state index in [-0.39, 0.29) is 11.1 Å². The largest absolute Gasteiger partial charge is 0.511 e. The quantitative estimate of drug-likeness (QED) is 0.114. The summed E-state index contributed by atoms with van der Waals surface area (Å²) in [7, 11) is 0. The predicted octanol–water partition coefficient (Wildman–Crippen LogP) is 5.59. The summed E-state index contributed by atoms with van der Waals surface area (Å²) < 4.78 is 10.6. The van der Waals surface area contributed by atoms with Crippen molar-refractivity contribution in [3.8, 4) is 11.5 Å². The van der Waals surface area contributed by atoms with E-state index in [1.165, 1.54) is 36.4 Å². The van der Waals surface area contributed by atoms with Gasteiger partial charge >= 0.3 is 11.9 Å². The summed E-state index contributed by atoms with van der Waals surface area (Å²) >= 11 is 0. The Morgan fingerprint density at radius 1 is 0.561 bits per heavy atom. The first-order valence-corrected chi connectivity index (χ1v) is 12.6. The van der Waals surface area contributed by atoms with Crippen molar-refractivity contribution < 1.29 is 39.5 Å². The number of aliphatic hydroxyl groups excluding tert-OH is 4. The van der Waals surface area contributed by atoms with Gasteiger partial charge in [0.15, 0.2) is 0 Å². The highest BCUT2D eigenvalue weighted by Crippen LogP contribution is 2.34. The minimum absolute atomic E-state index is 0.278. The molecule has 4 N–H and O–H groups in total. The topological polar surface area (TPSA) is 134 Å². The number of carbonyl (C=O) groups is 2. The zero-order valence-corrected chi connectivity index (χ0v) is 21.9. The van der Waals surface area contributed by atoms with Gasteiger partial charge in [-0.2, -0.15) is 0 Å². The number of hydrogen-bond acceptors (Lipinski definition) is 8. The van der Waals surface area contributed by atoms with Crippen molar-refractivity contribution in [1.29, 1.82) is 0 Å². The number of aliphatic hydroxyl groups is 4. The Morgan fingerprint density at radius 3 is 1.22 bits per heavy atom. The van der Waals surface area contributed by atoms with E-state index in [0.29, 0.717) is 22.6 Å². The Hall–Kier alpha value is -5.18. The van der Waals surface area contributed by atoms with Crippen LogP contribution in [0.25, 0.3) is 12.2 Å². The fraction of sp³-hybridized carbons (Fsp3) is 0.0909. The van der Waals surface area contributed by atoms with Crippen LogP contribution in [0.3, 0.4) is 0 Å². The van der Waals surface area contributed by atoms with Crippen LogP contribution in [0.2, 0.25) is 0 Å². The molecule has 4 aromatic carbocycles. The van der Waals surface area contributed by atoms with Gasteiger partial charge in [0, 0.05) is 0 Å². The molecule has 8 heteroatoms. The van der Waals surface area contributed by atoms with Crippen LogP contribution in [0.1, 0.15) is 31.8 Å². The molecule has 4 aromatic rings. The number of carbonyl (C=O) groups excluding carboxylic acids is 2. The summed E-state index contributed by atoms with van der Waals surface area (Å²) in [4.78, 5) is 24.8. The minimum atomic E-state index is -1.91. The Bertz CT molecular complexity index is 1410. The fourth-order valence-corrected chi connectivity index (χ4v) is 3.84. The third-order valence-corrected chi connectivity index (χ3v) is 6.33. The van der Waals surface area contributed by atoms with E-state index in [1.54, 1.807) is 84.9 Å². The molecule has 0 saturated carbocycles. The molecule has 0 atom stereocenters. The zero-order chi connectivity index (χ0) is 29.2. The normalized spacial score (nSPS) is 12.0. The molecule has 0 amide bonds. The Balaban J connectivity index is 1.49. The average Bonchev–Trinajstić information content (AvgIpc) is 3.00. The van der Waals surface area contributed by atoms with Crippen LogP contribution in [0.5, 0.6) is 11.5 Å². The van der Waals surface area contributed by atoms with Crippen molar-refractivity contribution in [2.24, 2.45) is 5.41 Å². The summed E-state index contributed by atoms with van der Waals surface area (Å²) in [5.74, 6) is -1.32. The van der Waals surface area contributed by atoms with E-state index < -0.39 is 42.1 Å². The van der Waals surface area contributed by atoms with E-state index in [2.05, 4.69) is 0 Å². The molecule has 0 spiro atoms. The first-order valence-electron chi connectivity index (χ1n) is 12.6. The maximum Gasteiger partial charge on any atom is 0.343 e. The highest BCUT2D eigenvalue weighted by atomic mass is 16.5. The van der Waals surface area contributed by atoms with Gasteiger partial charge < -0.3 is 29.9 Å². The smallest absolute Gasteiger partial charge is 0.343 e. The molecule has 4 rings (SSSR count). The Morgan fingerprint density at radius 2 is 0.902 bits per heavy atom. The maximum absolute atomic E-state index is 12.4. The molecule has 8 nitrogen and oxygen atoms in total. The lowest BCUT2D eigenvalue weighted by Crippen LogP contribution is -2.34. The molecule has 0 fully saturated rings. The van der Waals surface area contributed by atoms with Crippen molar-refractivity contribution in [2.75, 3.05) is 13.2 Å². The van der Waals surface area contributed by atoms with E-state index >= 15 is 0 Å². The van der Waals surface area contributed by atoms with Crippen molar-refractivity contribution in [3.63, 3.8) is 0 Å². The fourth-order valence-electron chi connectivity index (χ4n) is 3.84. The predicted molar refractivity (Wildman–Crippen MR) is 154 cm³/mol. The molecule has 0 heterocycles. The van der Waals surface area contributed by atoms with Crippen molar-refractivity contribution in [3.05, 3.63) is 143 Å². The molecular formula is C33H28O8. The standard InChI is InChI=1S/C33H28O8/c34-21-33(22-35,29(36)19-23-11-15-25(16-12-23)31(38)40-27-7-3-1-4-8-27)30(37)20-24-13-17-26(18-14-24)32(39)41-28-9-5-2-6-10-28/h1-20,34-37H,21-22H2. The molecule has 208 valence electrons. The third-order valence-electron chi connectivity index (χ3n) is 6.33. The van der Waals surface area contributed by atoms with Gasteiger partial charge in [-0.3, -0.25) is 0 Å². The number of ether oxygens (including phenoxy) is 2. The van der Waals surface area contributed by atoms with Crippen molar-refractivity contribution in [2.45, 2.75) is 0 Å². The van der Waals surface area contributed by atoms with Crippen LogP contribution in [-0.4, -0.2) is 45.6 Å². The lowest BCUT2D eigenvalue weighted by molar-refractivity contribution is 0.0487. The van der Waals surface area contributed by atoms with Crippen LogP contribution in [0, 0.1) is 5.41 Å². The van der Waals surface area contributed by atoms with E-state index in [0.717, 1.165) is 0 Å². The molecule has 0 unspecified atom stereocenters. The molecule has 0 saturated heterocycles. The molecular weight excluding hydrogens is 524 g/mol. The molecule has 41 heavy (non-hydrogen) atoms. The van der Waals surface area contributed by atoms with Gasteiger partial charge in [-0.1, -0.05) is 60.7 Å². The first-order chi connectivity index (χ1) is 19.8. The highest BCUT2D eigenvalue weighted by molar-refractivity contribution is 5.92. The number of benzene rings is 4. The van der Waals surface area contributed by atoms with Gasteiger partial charge in [-0.05, 0) is 71.8 Å². The maximum atomic E-state index is 12.4. The number of rotatable bonds is 10. The van der Waals surface area contributed by atoms with Gasteiger partial charge in [0.2, 0.25) is 0 Å². The van der Waals surface area contributed by atoms with Gasteiger partial charge in [-0.15, -0.1) is 0 Å². The van der Waals surface area contributed by atoms with Gasteiger partial charge in [0.25, 0.3) is 0 Å². The van der Waals surface area contributed by atoms with Crippen LogP contribution in [-0.2, 0) is 0 Å². The second-order valence-corrected chi connectivity index (χ2v) is 9.11. The lowest BCUT2D eigenvalue weighted by Gasteiger charge is -2.28. The van der Waals surface area contributed by atoms with Gasteiger partial charge in [0.1, 0.15) is 28.4 Å². The van der Waals surface area contributed by atoms with Crippen molar-refractivity contribution >= 4 is 24.1 Å². The third kappa shape index (κ3) is 7.07. The monoisotopic (exact) mass is 552 g/mol. The molecule has 0 bridgehead atoms. The summed E-state index contributed by atoms with van der Waals surface area (Å²) in [6, 6.07) is 29.4. The number of esters is 2. The number of para-hydroxylation sites is 2. The van der Waals surface area contributed by atoms with E-state index in [9.17, 15) is 30.0 Å². The summed E-state index contributed by atoms with van der Waals surface area (Å²) in [5, 5.41) is 42.0. The summed E-state index contributed by atoms with van der Waals surface area (Å²) in [5.41, 5.74) is -0.464. The zero-order valence-electron chi connectivity index (χ0n) is 21.9. The van der Waals surface area contributed by atoms with Crippen LogP contribution in [0.4, 0.5) is 0 Å². The van der Waals surface area contributed by atoms with Crippen LogP contribution in [0.15, 0.2) is 121 Å². The van der Waals surface area contributed by atoms with Crippen LogP contribution >= 0.6 is 0 Å². The molecule has 0 aliphatic heterocycles. The summed E-state index contributed by atoms with van der Waals surface area (Å²) in [6.07, 6.45) is 2.54.